The summed E-state index contributed by atoms with van der Waals surface area (Å²) in [5.41, 5.74) is 1.49. The number of carbonyl (C=O) groups is 2. The monoisotopic (exact) mass is 435 g/mol. The first-order valence-corrected chi connectivity index (χ1v) is 11.6. The van der Waals surface area contributed by atoms with Crippen molar-refractivity contribution < 1.29 is 22.7 Å². The first-order chi connectivity index (χ1) is 14.1. The number of esters is 1. The Bertz CT molecular complexity index is 1150. The predicted molar refractivity (Wildman–Crippen MR) is 110 cm³/mol. The normalized spacial score (nSPS) is 17.8. The van der Waals surface area contributed by atoms with Gasteiger partial charge < -0.3 is 9.30 Å². The van der Waals surface area contributed by atoms with Gasteiger partial charge >= 0.3 is 5.97 Å². The molecule has 0 aromatic carbocycles. The van der Waals surface area contributed by atoms with Crippen LogP contribution in [0.3, 0.4) is 0 Å². The second-order valence-corrected chi connectivity index (χ2v) is 9.72. The number of ketones is 1. The molecule has 2 aromatic rings. The van der Waals surface area contributed by atoms with Crippen LogP contribution >= 0.6 is 0 Å². The molecule has 2 aromatic heterocycles. The number of nitrogens with zero attached hydrogens (tertiary/aromatic N) is 3. The van der Waals surface area contributed by atoms with Crippen LogP contribution in [0.2, 0.25) is 0 Å². The van der Waals surface area contributed by atoms with Crippen LogP contribution < -0.4 is 5.56 Å². The molecule has 1 aliphatic heterocycles. The van der Waals surface area contributed by atoms with Crippen molar-refractivity contribution in [3.05, 3.63) is 51.2 Å². The fourth-order valence-electron chi connectivity index (χ4n) is 3.81. The number of aromatic nitrogens is 3. The molecule has 1 unspecified atom stereocenters. The first kappa shape index (κ1) is 21.9. The van der Waals surface area contributed by atoms with Gasteiger partial charge in [0, 0.05) is 35.6 Å². The third-order valence-corrected chi connectivity index (χ3v) is 6.95. The average molecular weight is 436 g/mol. The third kappa shape index (κ3) is 4.53. The number of aryl methyl sites for hydroxylation is 2. The lowest BCUT2D eigenvalue weighted by atomic mass is 10.1. The Morgan fingerprint density at radius 1 is 1.27 bits per heavy atom. The molecular formula is C20H25N3O6S. The molecule has 9 nitrogen and oxygen atoms in total. The fourth-order valence-corrected chi connectivity index (χ4v) is 5.51. The second-order valence-electron chi connectivity index (χ2n) is 7.49. The van der Waals surface area contributed by atoms with E-state index in [1.807, 2.05) is 18.4 Å². The summed E-state index contributed by atoms with van der Waals surface area (Å²) >= 11 is 0. The van der Waals surface area contributed by atoms with E-state index in [1.165, 1.54) is 16.8 Å². The number of hydrogen-bond donors (Lipinski definition) is 0. The van der Waals surface area contributed by atoms with Crippen LogP contribution in [0.25, 0.3) is 0 Å². The Morgan fingerprint density at radius 2 is 2.00 bits per heavy atom. The highest BCUT2D eigenvalue weighted by Gasteiger charge is 2.31. The average Bonchev–Trinajstić information content (AvgIpc) is 3.19. The Hall–Kier alpha value is -2.75. The lowest BCUT2D eigenvalue weighted by Gasteiger charge is -2.16. The van der Waals surface area contributed by atoms with Crippen molar-refractivity contribution >= 4 is 21.6 Å². The van der Waals surface area contributed by atoms with E-state index in [-0.39, 0.29) is 34.6 Å². The minimum Gasteiger partial charge on any atom is -0.453 e. The summed E-state index contributed by atoms with van der Waals surface area (Å²) in [4.78, 5) is 36.6. The van der Waals surface area contributed by atoms with Gasteiger partial charge in [-0.05, 0) is 38.8 Å². The first-order valence-electron chi connectivity index (χ1n) is 9.80. The smallest absolute Gasteiger partial charge is 0.359 e. The molecule has 10 heteroatoms. The van der Waals surface area contributed by atoms with Crippen molar-refractivity contribution in [1.29, 1.82) is 0 Å². The van der Waals surface area contributed by atoms with E-state index in [0.29, 0.717) is 30.6 Å². The molecule has 1 saturated heterocycles. The Kier molecular flexibility index (Phi) is 6.25. The van der Waals surface area contributed by atoms with Crippen LogP contribution in [0.4, 0.5) is 0 Å². The Labute approximate surface area is 174 Å². The van der Waals surface area contributed by atoms with E-state index in [1.54, 1.807) is 13.0 Å². The largest absolute Gasteiger partial charge is 0.453 e. The van der Waals surface area contributed by atoms with E-state index in [4.69, 9.17) is 4.74 Å². The van der Waals surface area contributed by atoms with E-state index in [9.17, 15) is 22.8 Å². The zero-order valence-electron chi connectivity index (χ0n) is 17.3. The number of hydrogen-bond acceptors (Lipinski definition) is 7. The molecule has 3 heterocycles. The number of ether oxygens (including phenoxy) is 1. The van der Waals surface area contributed by atoms with Crippen molar-refractivity contribution in [1.82, 2.24) is 14.3 Å². The summed E-state index contributed by atoms with van der Waals surface area (Å²) in [6, 6.07) is 4.01. The Balaban J connectivity index is 1.71. The van der Waals surface area contributed by atoms with Crippen molar-refractivity contribution in [2.24, 2.45) is 0 Å². The van der Waals surface area contributed by atoms with Gasteiger partial charge in [0.1, 0.15) is 0 Å². The van der Waals surface area contributed by atoms with Gasteiger partial charge in [0.15, 0.2) is 22.1 Å². The van der Waals surface area contributed by atoms with Crippen molar-refractivity contribution in [2.75, 3.05) is 18.1 Å². The van der Waals surface area contributed by atoms with Gasteiger partial charge in [-0.1, -0.05) is 6.92 Å². The predicted octanol–water partition coefficient (Wildman–Crippen LogP) is 1.47. The molecule has 30 heavy (non-hydrogen) atoms. The molecule has 0 bridgehead atoms. The van der Waals surface area contributed by atoms with Crippen LogP contribution in [0.1, 0.15) is 58.0 Å². The topological polar surface area (TPSA) is 117 Å². The number of rotatable bonds is 7. The SMILES string of the molecule is CCCn1nc(C(=O)OCC(=O)c2cc(C)n(C3CCS(=O)(=O)C3)c2C)ccc1=O. The minimum atomic E-state index is -3.06. The fraction of sp³-hybridized carbons (Fsp3) is 0.500. The van der Waals surface area contributed by atoms with Crippen molar-refractivity contribution in [2.45, 2.75) is 46.2 Å². The summed E-state index contributed by atoms with van der Waals surface area (Å²) < 4.78 is 31.8. The van der Waals surface area contributed by atoms with Gasteiger partial charge in [-0.15, -0.1) is 0 Å². The van der Waals surface area contributed by atoms with Gasteiger partial charge in [0.25, 0.3) is 5.56 Å². The van der Waals surface area contributed by atoms with Crippen LogP contribution in [-0.2, 0) is 21.1 Å². The highest BCUT2D eigenvalue weighted by Crippen LogP contribution is 2.29. The summed E-state index contributed by atoms with van der Waals surface area (Å²) in [6.07, 6.45) is 1.20. The lowest BCUT2D eigenvalue weighted by Crippen LogP contribution is -2.25. The highest BCUT2D eigenvalue weighted by molar-refractivity contribution is 7.91. The second kappa shape index (κ2) is 8.55. The number of Topliss-reactive ketones (excluding diaryl/α,β-unsaturated/α-hetero) is 1. The maximum Gasteiger partial charge on any atom is 0.359 e. The maximum atomic E-state index is 12.6. The van der Waals surface area contributed by atoms with Crippen LogP contribution in [-0.4, -0.2) is 52.6 Å². The van der Waals surface area contributed by atoms with Crippen LogP contribution in [0.15, 0.2) is 23.0 Å². The van der Waals surface area contributed by atoms with E-state index in [0.717, 1.165) is 5.69 Å². The van der Waals surface area contributed by atoms with Crippen LogP contribution in [0.5, 0.6) is 0 Å². The molecule has 0 saturated carbocycles. The molecule has 162 valence electrons. The molecule has 1 aliphatic rings. The minimum absolute atomic E-state index is 0.0440. The highest BCUT2D eigenvalue weighted by atomic mass is 32.2. The summed E-state index contributed by atoms with van der Waals surface area (Å²) in [6.45, 7) is 5.37. The molecule has 1 fully saturated rings. The number of carbonyl (C=O) groups excluding carboxylic acids is 2. The van der Waals surface area contributed by atoms with Crippen LogP contribution in [0, 0.1) is 13.8 Å². The van der Waals surface area contributed by atoms with E-state index < -0.39 is 22.4 Å². The Morgan fingerprint density at radius 3 is 2.63 bits per heavy atom. The molecule has 0 spiro atoms. The van der Waals surface area contributed by atoms with Crippen molar-refractivity contribution in [3.8, 4) is 0 Å². The summed E-state index contributed by atoms with van der Waals surface area (Å²) in [5, 5.41) is 3.97. The van der Waals surface area contributed by atoms with Gasteiger partial charge in [-0.3, -0.25) is 9.59 Å². The summed E-state index contributed by atoms with van der Waals surface area (Å²) in [7, 11) is -3.06. The van der Waals surface area contributed by atoms with Crippen molar-refractivity contribution in [3.63, 3.8) is 0 Å². The molecule has 3 rings (SSSR count). The summed E-state index contributed by atoms with van der Waals surface area (Å²) in [5.74, 6) is -0.970. The molecule has 0 aliphatic carbocycles. The zero-order valence-corrected chi connectivity index (χ0v) is 18.1. The standard InChI is InChI=1S/C20H25N3O6S/c1-4-8-22-19(25)6-5-17(21-22)20(26)29-11-18(24)16-10-13(2)23(14(16)3)15-7-9-30(27,28)12-15/h5-6,10,15H,4,7-9,11-12H2,1-3H3. The molecule has 1 atom stereocenters. The molecule has 0 amide bonds. The van der Waals surface area contributed by atoms with Gasteiger partial charge in [0.05, 0.1) is 11.5 Å². The number of sulfone groups is 1. The van der Waals surface area contributed by atoms with Gasteiger partial charge in [0.2, 0.25) is 5.78 Å². The quantitative estimate of drug-likeness (QED) is 0.477. The van der Waals surface area contributed by atoms with Gasteiger partial charge in [-0.2, -0.15) is 5.10 Å². The van der Waals surface area contributed by atoms with Gasteiger partial charge in [-0.25, -0.2) is 17.9 Å². The third-order valence-electron chi connectivity index (χ3n) is 5.20. The molecule has 0 radical (unpaired) electrons. The molecule has 0 N–H and O–H groups in total. The maximum absolute atomic E-state index is 12.6. The van der Waals surface area contributed by atoms with E-state index in [2.05, 4.69) is 5.10 Å². The lowest BCUT2D eigenvalue weighted by molar-refractivity contribution is 0.0466. The zero-order chi connectivity index (χ0) is 22.1. The van der Waals surface area contributed by atoms with E-state index >= 15 is 0 Å². The molecular weight excluding hydrogens is 410 g/mol.